The van der Waals surface area contributed by atoms with Crippen molar-refractivity contribution in [2.75, 3.05) is 13.7 Å². The van der Waals surface area contributed by atoms with Crippen molar-refractivity contribution in [3.05, 3.63) is 29.3 Å². The van der Waals surface area contributed by atoms with E-state index in [0.29, 0.717) is 36.6 Å². The number of hydrogen-bond donors (Lipinski definition) is 3. The van der Waals surface area contributed by atoms with Gasteiger partial charge in [-0.1, -0.05) is 38.4 Å². The molecule has 0 saturated carbocycles. The lowest BCUT2D eigenvalue weighted by Crippen LogP contribution is -2.54. The number of amides is 2. The molecule has 2 atom stereocenters. The van der Waals surface area contributed by atoms with Crippen molar-refractivity contribution in [1.82, 2.24) is 10.6 Å². The van der Waals surface area contributed by atoms with Crippen molar-refractivity contribution in [2.24, 2.45) is 11.3 Å². The number of unbranched alkanes of at least 4 members (excludes halogenated alkanes) is 1. The van der Waals surface area contributed by atoms with E-state index >= 15 is 0 Å². The number of likely N-dealkylation sites (N-methyl/N-ethyl adjacent to an activating group) is 1. The number of benzene rings is 1. The third-order valence-corrected chi connectivity index (χ3v) is 4.70. The molecule has 0 heterocycles. The number of nitrogens with one attached hydrogen (secondary N) is 2. The molecule has 1 aromatic rings. The summed E-state index contributed by atoms with van der Waals surface area (Å²) in [6.07, 6.45) is 1.38. The number of carboxylic acids is 1. The van der Waals surface area contributed by atoms with Gasteiger partial charge in [0.1, 0.15) is 11.8 Å². The highest BCUT2D eigenvalue weighted by Gasteiger charge is 2.34. The summed E-state index contributed by atoms with van der Waals surface area (Å²) in [5.74, 6) is -1.83. The number of ether oxygens (including phenoxy) is 1. The van der Waals surface area contributed by atoms with Gasteiger partial charge in [0.05, 0.1) is 13.0 Å². The van der Waals surface area contributed by atoms with E-state index in [9.17, 15) is 14.4 Å². The van der Waals surface area contributed by atoms with Gasteiger partial charge in [-0.25, -0.2) is 0 Å². The van der Waals surface area contributed by atoms with Crippen LogP contribution in [0.5, 0.6) is 5.75 Å². The third-order valence-electron chi connectivity index (χ3n) is 4.46. The van der Waals surface area contributed by atoms with Crippen LogP contribution in [-0.4, -0.2) is 42.6 Å². The van der Waals surface area contributed by atoms with Crippen LogP contribution >= 0.6 is 11.6 Å². The molecule has 0 aliphatic carbocycles. The number of aliphatic carboxylic acids is 1. The monoisotopic (exact) mass is 426 g/mol. The smallest absolute Gasteiger partial charge is 0.304 e. The Morgan fingerprint density at radius 1 is 1.17 bits per heavy atom. The van der Waals surface area contributed by atoms with E-state index in [1.54, 1.807) is 24.3 Å². The number of carbonyl (C=O) groups is 3. The number of rotatable bonds is 11. The molecular weight excluding hydrogens is 396 g/mol. The van der Waals surface area contributed by atoms with E-state index in [1.807, 2.05) is 20.8 Å². The maximum absolute atomic E-state index is 12.7. The second-order valence-corrected chi connectivity index (χ2v) is 8.45. The molecule has 2 amide bonds. The van der Waals surface area contributed by atoms with Crippen molar-refractivity contribution in [3.63, 3.8) is 0 Å². The molecule has 0 spiro atoms. The summed E-state index contributed by atoms with van der Waals surface area (Å²) in [5, 5.41) is 15.0. The normalized spacial score (nSPS) is 13.3. The predicted molar refractivity (Wildman–Crippen MR) is 112 cm³/mol. The second kappa shape index (κ2) is 11.7. The molecule has 29 heavy (non-hydrogen) atoms. The van der Waals surface area contributed by atoms with E-state index < -0.39 is 29.3 Å². The van der Waals surface area contributed by atoms with Gasteiger partial charge in [-0.05, 0) is 42.9 Å². The Balaban J connectivity index is 2.60. The van der Waals surface area contributed by atoms with Crippen LogP contribution in [0.25, 0.3) is 0 Å². The zero-order valence-corrected chi connectivity index (χ0v) is 18.2. The van der Waals surface area contributed by atoms with Gasteiger partial charge in [0, 0.05) is 18.0 Å². The second-order valence-electron chi connectivity index (χ2n) is 8.02. The fourth-order valence-corrected chi connectivity index (χ4v) is 3.04. The van der Waals surface area contributed by atoms with Crippen molar-refractivity contribution in [3.8, 4) is 5.75 Å². The van der Waals surface area contributed by atoms with E-state index in [0.717, 1.165) is 0 Å². The minimum absolute atomic E-state index is 0.286. The largest absolute Gasteiger partial charge is 0.494 e. The van der Waals surface area contributed by atoms with Gasteiger partial charge in [0.25, 0.3) is 0 Å². The summed E-state index contributed by atoms with van der Waals surface area (Å²) in [5.41, 5.74) is -0.506. The Morgan fingerprint density at radius 2 is 1.86 bits per heavy atom. The highest BCUT2D eigenvalue weighted by atomic mass is 35.5. The van der Waals surface area contributed by atoms with Gasteiger partial charge in [-0.3, -0.25) is 14.4 Å². The number of hydrogen-bond acceptors (Lipinski definition) is 4. The van der Waals surface area contributed by atoms with Crippen LogP contribution in [0.1, 0.15) is 46.5 Å². The van der Waals surface area contributed by atoms with Crippen LogP contribution < -0.4 is 15.4 Å². The van der Waals surface area contributed by atoms with E-state index in [-0.39, 0.29) is 12.3 Å². The van der Waals surface area contributed by atoms with Crippen LogP contribution in [-0.2, 0) is 14.4 Å². The quantitative estimate of drug-likeness (QED) is 0.471. The lowest BCUT2D eigenvalue weighted by molar-refractivity contribution is -0.142. The Kier molecular flexibility index (Phi) is 9.95. The summed E-state index contributed by atoms with van der Waals surface area (Å²) < 4.78 is 5.61. The molecule has 162 valence electrons. The Labute approximate surface area is 177 Å². The van der Waals surface area contributed by atoms with Crippen LogP contribution in [0.2, 0.25) is 5.02 Å². The Hall–Kier alpha value is -2.28. The summed E-state index contributed by atoms with van der Waals surface area (Å²) in [4.78, 5) is 36.0. The number of carboxylic acid groups (broad SMARTS) is 1. The average molecular weight is 427 g/mol. The summed E-state index contributed by atoms with van der Waals surface area (Å²) >= 11 is 5.91. The molecule has 3 N–H and O–H groups in total. The molecule has 1 aromatic carbocycles. The van der Waals surface area contributed by atoms with Crippen molar-refractivity contribution >= 4 is 29.4 Å². The van der Waals surface area contributed by atoms with Gasteiger partial charge >= 0.3 is 5.97 Å². The lowest BCUT2D eigenvalue weighted by atomic mass is 9.85. The maximum Gasteiger partial charge on any atom is 0.304 e. The van der Waals surface area contributed by atoms with E-state index in [1.165, 1.54) is 7.05 Å². The van der Waals surface area contributed by atoms with Gasteiger partial charge in [0.2, 0.25) is 11.8 Å². The third kappa shape index (κ3) is 9.17. The van der Waals surface area contributed by atoms with Gasteiger partial charge in [-0.2, -0.15) is 0 Å². The van der Waals surface area contributed by atoms with E-state index in [2.05, 4.69) is 10.6 Å². The molecule has 0 aliphatic heterocycles. The molecule has 0 aromatic heterocycles. The molecule has 7 nitrogen and oxygen atoms in total. The fraction of sp³-hybridized carbons (Fsp3) is 0.571. The first kappa shape index (κ1) is 24.8. The van der Waals surface area contributed by atoms with Crippen molar-refractivity contribution < 1.29 is 24.2 Å². The lowest BCUT2D eigenvalue weighted by Gasteiger charge is -2.31. The predicted octanol–water partition coefficient (Wildman–Crippen LogP) is 3.26. The van der Waals surface area contributed by atoms with Crippen LogP contribution in [0.3, 0.4) is 0 Å². The minimum Gasteiger partial charge on any atom is -0.494 e. The Morgan fingerprint density at radius 3 is 2.41 bits per heavy atom. The number of halogens is 1. The van der Waals surface area contributed by atoms with E-state index in [4.69, 9.17) is 21.4 Å². The first-order chi connectivity index (χ1) is 13.5. The molecule has 0 radical (unpaired) electrons. The number of carbonyl (C=O) groups excluding carboxylic acids is 2. The van der Waals surface area contributed by atoms with Crippen LogP contribution in [0.15, 0.2) is 24.3 Å². The standard InChI is InChI=1S/C21H31ClN2O5/c1-21(2,3)18(20(28)23-4)24-19(27)14(12-17(25)26)8-5-6-11-29-16-10-7-9-15(22)13-16/h7,9-10,13-14,18H,5-6,8,11-12H2,1-4H3,(H,23,28)(H,24,27)(H,25,26)/t14-,18+/m0/s1. The van der Waals surface area contributed by atoms with Gasteiger partial charge in [-0.15, -0.1) is 0 Å². The first-order valence-electron chi connectivity index (χ1n) is 9.66. The molecule has 0 unspecified atom stereocenters. The molecule has 1 rings (SSSR count). The Bertz CT molecular complexity index is 703. The molecule has 0 aliphatic rings. The molecule has 0 bridgehead atoms. The van der Waals surface area contributed by atoms with Gasteiger partial charge < -0.3 is 20.5 Å². The van der Waals surface area contributed by atoms with Crippen LogP contribution in [0, 0.1) is 11.3 Å². The molecule has 8 heteroatoms. The van der Waals surface area contributed by atoms with Crippen molar-refractivity contribution in [2.45, 2.75) is 52.5 Å². The zero-order chi connectivity index (χ0) is 22.0. The summed E-state index contributed by atoms with van der Waals surface area (Å²) in [6.45, 7) is 5.95. The van der Waals surface area contributed by atoms with Crippen LogP contribution in [0.4, 0.5) is 0 Å². The minimum atomic E-state index is -1.05. The summed E-state index contributed by atoms with van der Waals surface area (Å²) in [6, 6.07) is 6.32. The molecule has 0 saturated heterocycles. The topological polar surface area (TPSA) is 105 Å². The zero-order valence-electron chi connectivity index (χ0n) is 17.5. The molecule has 0 fully saturated rings. The average Bonchev–Trinajstić information content (AvgIpc) is 2.63. The summed E-state index contributed by atoms with van der Waals surface area (Å²) in [7, 11) is 1.50. The molecular formula is C21H31ClN2O5. The van der Waals surface area contributed by atoms with Gasteiger partial charge in [0.15, 0.2) is 0 Å². The van der Waals surface area contributed by atoms with Crippen molar-refractivity contribution in [1.29, 1.82) is 0 Å². The highest BCUT2D eigenvalue weighted by molar-refractivity contribution is 6.30. The maximum atomic E-state index is 12.7. The first-order valence-corrected chi connectivity index (χ1v) is 10.0. The fourth-order valence-electron chi connectivity index (χ4n) is 2.86. The highest BCUT2D eigenvalue weighted by Crippen LogP contribution is 2.22. The SMILES string of the molecule is CNC(=O)[C@@H](NC(=O)[C@@H](CCCCOc1cccc(Cl)c1)CC(=O)O)C(C)(C)C.